The van der Waals surface area contributed by atoms with Gasteiger partial charge in [0.25, 0.3) is 0 Å². The summed E-state index contributed by atoms with van der Waals surface area (Å²) in [6.45, 7) is 6.64. The summed E-state index contributed by atoms with van der Waals surface area (Å²) in [6.07, 6.45) is 6.28. The molecule has 5 heterocycles. The number of phenolic OH excluding ortho intramolecular Hbond substituents is 1. The highest BCUT2D eigenvalue weighted by molar-refractivity contribution is 7.22. The van der Waals surface area contributed by atoms with Crippen LogP contribution in [0.15, 0.2) is 78.4 Å². The molecule has 5 aromatic rings. The van der Waals surface area contributed by atoms with Crippen LogP contribution in [0.1, 0.15) is 30.9 Å². The average molecular weight is 888 g/mol. The van der Waals surface area contributed by atoms with E-state index in [1.165, 1.54) is 24.0 Å². The zero-order valence-corrected chi connectivity index (χ0v) is 37.0. The number of morpholine rings is 1. The fourth-order valence-corrected chi connectivity index (χ4v) is 12.1. The maximum atomic E-state index is 15.3. The fraction of sp³-hybridized carbons (Fsp3) is 0.354. The Balaban J connectivity index is 1.04. The van der Waals surface area contributed by atoms with Gasteiger partial charge in [0, 0.05) is 47.5 Å². The number of ether oxygens (including phenoxy) is 3. The molecule has 3 aliphatic heterocycles. The van der Waals surface area contributed by atoms with E-state index in [1.54, 1.807) is 41.3 Å². The monoisotopic (exact) mass is 887 g/mol. The van der Waals surface area contributed by atoms with Crippen LogP contribution in [0.2, 0.25) is 5.02 Å². The molecule has 4 amide bonds. The molecule has 6 atom stereocenters. The molecular formula is C48H46ClN5O8S. The number of rotatable bonds is 8. The first-order chi connectivity index (χ1) is 30.3. The van der Waals surface area contributed by atoms with Gasteiger partial charge in [-0.3, -0.25) is 28.8 Å². The number of carbonyl (C=O) groups excluding carboxylic acids is 4. The van der Waals surface area contributed by atoms with Gasteiger partial charge < -0.3 is 24.2 Å². The molecule has 63 heavy (non-hydrogen) atoms. The molecule has 0 radical (unpaired) electrons. The Bertz CT molecular complexity index is 2780. The summed E-state index contributed by atoms with van der Waals surface area (Å²) in [5.74, 6) is -4.05. The number of aromatic nitrogens is 2. The number of thiophene rings is 1. The minimum Gasteiger partial charge on any atom is -0.502 e. The summed E-state index contributed by atoms with van der Waals surface area (Å²) in [4.78, 5) is 65.1. The topological polar surface area (TPSA) is 144 Å². The highest BCUT2D eigenvalue weighted by Gasteiger charge is 2.67. The first-order valence-electron chi connectivity index (χ1n) is 21.1. The number of amides is 4. The molecule has 0 spiro atoms. The quantitative estimate of drug-likeness (QED) is 0.121. The second kappa shape index (κ2) is 15.4. The van der Waals surface area contributed by atoms with Gasteiger partial charge in [-0.1, -0.05) is 35.4 Å². The number of anilines is 3. The molecule has 0 bridgehead atoms. The number of carbonyl (C=O) groups is 4. The first-order valence-corrected chi connectivity index (χ1v) is 22.3. The smallest absolute Gasteiger partial charge is 0.242 e. The number of nitrogens with zero attached hydrogens (tertiary/aromatic N) is 5. The van der Waals surface area contributed by atoms with Gasteiger partial charge in [0.1, 0.15) is 11.5 Å². The Hall–Kier alpha value is -5.96. The summed E-state index contributed by atoms with van der Waals surface area (Å²) in [5.41, 5.74) is 3.33. The van der Waals surface area contributed by atoms with E-state index in [0.717, 1.165) is 44.9 Å². The number of hydrogen-bond donors (Lipinski definition) is 1. The molecule has 5 aliphatic rings. The van der Waals surface area contributed by atoms with Crippen LogP contribution in [0.4, 0.5) is 17.2 Å². The zero-order valence-electron chi connectivity index (χ0n) is 35.5. The first kappa shape index (κ1) is 41.1. The van der Waals surface area contributed by atoms with Crippen LogP contribution in [0.25, 0.3) is 26.7 Å². The number of aryl methyl sites for hydroxylation is 2. The molecule has 13 nitrogen and oxygen atoms in total. The number of fused-ring (bicyclic) bond motifs is 5. The number of imide groups is 2. The number of methoxy groups -OCH3 is 2. The van der Waals surface area contributed by atoms with Gasteiger partial charge in [-0.15, -0.1) is 11.3 Å². The van der Waals surface area contributed by atoms with Crippen molar-refractivity contribution in [3.05, 3.63) is 94.5 Å². The molecule has 3 aromatic carbocycles. The van der Waals surface area contributed by atoms with Crippen LogP contribution in [0, 0.1) is 41.9 Å². The third-order valence-corrected chi connectivity index (χ3v) is 15.6. The molecule has 0 unspecified atom stereocenters. The summed E-state index contributed by atoms with van der Waals surface area (Å²) in [5, 5.41) is 17.1. The summed E-state index contributed by atoms with van der Waals surface area (Å²) in [6, 6.07) is 18.4. The zero-order chi connectivity index (χ0) is 44.1. The Labute approximate surface area is 373 Å². The van der Waals surface area contributed by atoms with Crippen molar-refractivity contribution in [1.29, 1.82) is 0 Å². The maximum Gasteiger partial charge on any atom is 0.242 e. The Morgan fingerprint density at radius 1 is 0.905 bits per heavy atom. The largest absolute Gasteiger partial charge is 0.502 e. The van der Waals surface area contributed by atoms with Crippen LogP contribution in [0.5, 0.6) is 17.2 Å². The minimum absolute atomic E-state index is 0.148. The highest BCUT2D eigenvalue weighted by Crippen LogP contribution is 2.61. The van der Waals surface area contributed by atoms with Gasteiger partial charge in [0.2, 0.25) is 29.4 Å². The van der Waals surface area contributed by atoms with E-state index in [2.05, 4.69) is 4.90 Å². The lowest BCUT2D eigenvalue weighted by Gasteiger charge is -2.47. The minimum atomic E-state index is -1.27. The van der Waals surface area contributed by atoms with Crippen molar-refractivity contribution in [3.8, 4) is 27.8 Å². The summed E-state index contributed by atoms with van der Waals surface area (Å²) in [7, 11) is 4.62. The molecule has 15 heteroatoms. The van der Waals surface area contributed by atoms with Gasteiger partial charge in [-0.2, -0.15) is 5.10 Å². The number of aromatic hydroxyl groups is 1. The molecule has 10 rings (SSSR count). The Kier molecular flexibility index (Phi) is 10.0. The molecule has 1 saturated carbocycles. The molecule has 2 aliphatic carbocycles. The maximum absolute atomic E-state index is 15.3. The van der Waals surface area contributed by atoms with E-state index in [1.807, 2.05) is 74.5 Å². The van der Waals surface area contributed by atoms with E-state index >= 15 is 9.59 Å². The lowest BCUT2D eigenvalue weighted by atomic mass is 9.52. The molecule has 1 N–H and O–H groups in total. The van der Waals surface area contributed by atoms with Crippen LogP contribution in [-0.2, 0) is 31.0 Å². The SMILES string of the molecule is COc1cc(C=C[C@H]2C3=CC[C@@H]4C(=O)N(c5ccc(N6CCOCC6)cc5)C(=O)[C@@H]4[C@@H]3C[C@H]3C(=O)N(c4cc(-c5sc6ccc(Cl)cc6c5C)nn4C)C(=O)[C@@]23C)cc(OC)c1O. The fourth-order valence-electron chi connectivity index (χ4n) is 10.8. The van der Waals surface area contributed by atoms with Gasteiger partial charge in [-0.05, 0) is 104 Å². The van der Waals surface area contributed by atoms with Crippen LogP contribution < -0.4 is 24.2 Å². The van der Waals surface area contributed by atoms with Crippen molar-refractivity contribution < 1.29 is 38.5 Å². The van der Waals surface area contributed by atoms with Crippen LogP contribution >= 0.6 is 22.9 Å². The number of benzene rings is 3. The number of hydrogen-bond acceptors (Lipinski definition) is 11. The van der Waals surface area contributed by atoms with Crippen molar-refractivity contribution in [3.63, 3.8) is 0 Å². The van der Waals surface area contributed by atoms with Gasteiger partial charge in [0.05, 0.1) is 61.2 Å². The van der Waals surface area contributed by atoms with Crippen LogP contribution in [-0.4, -0.2) is 79.0 Å². The lowest BCUT2D eigenvalue weighted by Crippen LogP contribution is -2.49. The van der Waals surface area contributed by atoms with Crippen LogP contribution in [0.3, 0.4) is 0 Å². The molecule has 2 aromatic heterocycles. The van der Waals surface area contributed by atoms with Gasteiger partial charge in [0.15, 0.2) is 11.5 Å². The van der Waals surface area contributed by atoms with Crippen molar-refractivity contribution in [2.45, 2.75) is 26.7 Å². The number of halogens is 1. The van der Waals surface area contributed by atoms with E-state index in [0.29, 0.717) is 47.4 Å². The third kappa shape index (κ3) is 6.31. The summed E-state index contributed by atoms with van der Waals surface area (Å²) >= 11 is 7.92. The van der Waals surface area contributed by atoms with Crippen molar-refractivity contribution >= 4 is 79.9 Å². The predicted molar refractivity (Wildman–Crippen MR) is 241 cm³/mol. The van der Waals surface area contributed by atoms with Crippen molar-refractivity contribution in [2.75, 3.05) is 55.2 Å². The molecule has 3 saturated heterocycles. The Morgan fingerprint density at radius 2 is 1.60 bits per heavy atom. The van der Waals surface area contributed by atoms with E-state index in [4.69, 9.17) is 30.9 Å². The second-order valence-electron chi connectivity index (χ2n) is 17.2. The standard InChI is InChI=1S/C48H46ClN5O8S/c1-25-32-22-27(49)7-15-39(32)63-43(25)36-24-40(51(3)50-36)54-45(57)35-23-33-30(34(48(35,2)47(54)59)14-6-26-20-37(60-4)42(55)38(21-26)61-5)12-13-31-41(33)46(58)53(44(31)56)29-10-8-28(9-11-29)52-16-18-62-19-17-52/h6-12,14-15,20-22,24,31,33-35,41,55H,13,16-19,23H2,1-5H3/t31-,33+,34-,35-,41-,48-/m0/s1. The third-order valence-electron chi connectivity index (χ3n) is 14.0. The second-order valence-corrected chi connectivity index (χ2v) is 18.7. The van der Waals surface area contributed by atoms with E-state index < -0.39 is 35.0 Å². The molecule has 4 fully saturated rings. The predicted octanol–water partition coefficient (Wildman–Crippen LogP) is 7.80. The van der Waals surface area contributed by atoms with E-state index in [-0.39, 0.29) is 47.3 Å². The number of phenols is 1. The van der Waals surface area contributed by atoms with E-state index in [9.17, 15) is 14.7 Å². The normalized spacial score (nSPS) is 25.8. The van der Waals surface area contributed by atoms with Crippen molar-refractivity contribution in [1.82, 2.24) is 9.78 Å². The lowest BCUT2D eigenvalue weighted by molar-refractivity contribution is -0.132. The number of allylic oxidation sites excluding steroid dienone is 3. The van der Waals surface area contributed by atoms with Gasteiger partial charge in [-0.25, -0.2) is 4.90 Å². The highest BCUT2D eigenvalue weighted by atomic mass is 35.5. The molecular weight excluding hydrogens is 842 g/mol. The van der Waals surface area contributed by atoms with Crippen molar-refractivity contribution in [2.24, 2.45) is 42.1 Å². The molecule has 324 valence electrons. The summed E-state index contributed by atoms with van der Waals surface area (Å²) < 4.78 is 19.0. The van der Waals surface area contributed by atoms with Gasteiger partial charge >= 0.3 is 0 Å². The Morgan fingerprint density at radius 3 is 2.30 bits per heavy atom. The average Bonchev–Trinajstić information content (AvgIpc) is 3.96.